The number of aliphatic carboxylic acids is 1. The summed E-state index contributed by atoms with van der Waals surface area (Å²) in [4.78, 5) is 10.7. The molecule has 4 nitrogen and oxygen atoms in total. The molecule has 27 heavy (non-hydrogen) atoms. The van der Waals surface area contributed by atoms with Gasteiger partial charge in [-0.1, -0.05) is 53.9 Å². The molecule has 0 spiro atoms. The first-order chi connectivity index (χ1) is 12.8. The lowest BCUT2D eigenvalue weighted by molar-refractivity contribution is -0.136. The number of carboxylic acids is 1. The Bertz CT molecular complexity index is 788. The Labute approximate surface area is 174 Å². The molecule has 2 rings (SSSR count). The maximum Gasteiger partial charge on any atom is 0.303 e. The number of hydrogen-bond acceptors (Lipinski definition) is 3. The van der Waals surface area contributed by atoms with Gasteiger partial charge in [-0.25, -0.2) is 0 Å². The minimum absolute atomic E-state index is 0.0123. The van der Waals surface area contributed by atoms with E-state index >= 15 is 0 Å². The van der Waals surface area contributed by atoms with Crippen LogP contribution < -0.4 is 10.1 Å². The van der Waals surface area contributed by atoms with Gasteiger partial charge in [0.2, 0.25) is 0 Å². The number of halogens is 3. The fourth-order valence-electron chi connectivity index (χ4n) is 2.47. The van der Waals surface area contributed by atoms with E-state index in [1.807, 2.05) is 18.2 Å². The Morgan fingerprint density at radius 2 is 1.89 bits per heavy atom. The quantitative estimate of drug-likeness (QED) is 0.479. The normalized spacial score (nSPS) is 11.9. The third-order valence-corrected chi connectivity index (χ3v) is 5.16. The van der Waals surface area contributed by atoms with Crippen LogP contribution in [0.5, 0.6) is 5.75 Å². The van der Waals surface area contributed by atoms with Crippen molar-refractivity contribution in [3.8, 4) is 5.75 Å². The molecule has 7 heteroatoms. The standard InChI is InChI=1S/C20H22Cl3NO3/c1-3-12(2)24-17-6-4-5-14(19(17)23)11-27-20-15(21)9-13(10-16(20)22)7-8-18(25)26/h4-6,9-10,12,24H,3,7-8,11H2,1-2H3,(H,25,26). The number of carbonyl (C=O) groups is 1. The maximum atomic E-state index is 10.7. The average molecular weight is 431 g/mol. The van der Waals surface area contributed by atoms with Crippen LogP contribution in [0.25, 0.3) is 0 Å². The van der Waals surface area contributed by atoms with Gasteiger partial charge in [0.25, 0.3) is 0 Å². The number of carboxylic acid groups (broad SMARTS) is 1. The molecule has 0 heterocycles. The van der Waals surface area contributed by atoms with Crippen molar-refractivity contribution in [2.24, 2.45) is 0 Å². The molecule has 0 aliphatic rings. The molecule has 1 unspecified atom stereocenters. The molecule has 2 aromatic carbocycles. The molecule has 0 saturated carbocycles. The molecule has 0 amide bonds. The minimum atomic E-state index is -0.872. The van der Waals surface area contributed by atoms with Crippen LogP contribution in [0.2, 0.25) is 15.1 Å². The van der Waals surface area contributed by atoms with E-state index in [0.29, 0.717) is 33.3 Å². The van der Waals surface area contributed by atoms with Gasteiger partial charge in [0, 0.05) is 18.0 Å². The Kier molecular flexibility index (Phi) is 8.08. The van der Waals surface area contributed by atoms with Gasteiger partial charge in [-0.05, 0) is 43.5 Å². The van der Waals surface area contributed by atoms with Crippen molar-refractivity contribution in [1.82, 2.24) is 0 Å². The summed E-state index contributed by atoms with van der Waals surface area (Å²) in [6.07, 6.45) is 1.35. The second-order valence-corrected chi connectivity index (χ2v) is 7.50. The van der Waals surface area contributed by atoms with Gasteiger partial charge in [-0.15, -0.1) is 0 Å². The van der Waals surface area contributed by atoms with Crippen molar-refractivity contribution >= 4 is 46.5 Å². The first kappa shape index (κ1) is 21.7. The van der Waals surface area contributed by atoms with Crippen LogP contribution >= 0.6 is 34.8 Å². The number of hydrogen-bond donors (Lipinski definition) is 2. The molecule has 146 valence electrons. The predicted molar refractivity (Wildman–Crippen MR) is 112 cm³/mol. The molecule has 0 bridgehead atoms. The Balaban J connectivity index is 2.12. The van der Waals surface area contributed by atoms with Crippen LogP contribution in [-0.2, 0) is 17.8 Å². The van der Waals surface area contributed by atoms with Gasteiger partial charge in [0.05, 0.1) is 20.8 Å². The van der Waals surface area contributed by atoms with Crippen molar-refractivity contribution < 1.29 is 14.6 Å². The van der Waals surface area contributed by atoms with E-state index in [1.165, 1.54) is 0 Å². The first-order valence-electron chi connectivity index (χ1n) is 8.68. The highest BCUT2D eigenvalue weighted by Gasteiger charge is 2.13. The molecule has 2 N–H and O–H groups in total. The fraction of sp³-hybridized carbons (Fsp3) is 0.350. The van der Waals surface area contributed by atoms with E-state index in [1.54, 1.807) is 12.1 Å². The molecule has 0 radical (unpaired) electrons. The summed E-state index contributed by atoms with van der Waals surface area (Å²) in [7, 11) is 0. The predicted octanol–water partition coefficient (Wildman–Crippen LogP) is 6.45. The molecule has 1 atom stereocenters. The summed E-state index contributed by atoms with van der Waals surface area (Å²) in [5.74, 6) is -0.517. The van der Waals surface area contributed by atoms with Gasteiger partial charge >= 0.3 is 5.97 Å². The maximum absolute atomic E-state index is 10.7. The van der Waals surface area contributed by atoms with Gasteiger partial charge in [-0.2, -0.15) is 0 Å². The van der Waals surface area contributed by atoms with Crippen LogP contribution in [0.4, 0.5) is 5.69 Å². The summed E-state index contributed by atoms with van der Waals surface area (Å²) >= 11 is 19.0. The van der Waals surface area contributed by atoms with Crippen LogP contribution in [0.3, 0.4) is 0 Å². The summed E-state index contributed by atoms with van der Waals surface area (Å²) < 4.78 is 5.81. The summed E-state index contributed by atoms with van der Waals surface area (Å²) in [5.41, 5.74) is 2.41. The third-order valence-electron chi connectivity index (χ3n) is 4.15. The second-order valence-electron chi connectivity index (χ2n) is 6.30. The smallest absolute Gasteiger partial charge is 0.303 e. The molecule has 0 aromatic heterocycles. The highest BCUT2D eigenvalue weighted by Crippen LogP contribution is 2.36. The third kappa shape index (κ3) is 6.20. The minimum Gasteiger partial charge on any atom is -0.486 e. The van der Waals surface area contributed by atoms with E-state index in [0.717, 1.165) is 23.2 Å². The van der Waals surface area contributed by atoms with Gasteiger partial charge in [0.1, 0.15) is 6.61 Å². The molecule has 0 fully saturated rings. The van der Waals surface area contributed by atoms with E-state index in [4.69, 9.17) is 44.6 Å². The molecule has 2 aromatic rings. The molecule has 0 saturated heterocycles. The van der Waals surface area contributed by atoms with Gasteiger partial charge in [0.15, 0.2) is 5.75 Å². The number of nitrogens with one attached hydrogen (secondary N) is 1. The lowest BCUT2D eigenvalue weighted by atomic mass is 10.1. The number of benzene rings is 2. The highest BCUT2D eigenvalue weighted by molar-refractivity contribution is 6.37. The summed E-state index contributed by atoms with van der Waals surface area (Å²) in [6.45, 7) is 4.40. The fourth-order valence-corrected chi connectivity index (χ4v) is 3.34. The number of aryl methyl sites for hydroxylation is 1. The van der Waals surface area contributed by atoms with Crippen LogP contribution in [0.1, 0.15) is 37.8 Å². The summed E-state index contributed by atoms with van der Waals surface area (Å²) in [5, 5.41) is 13.4. The van der Waals surface area contributed by atoms with Gasteiger partial charge in [-0.3, -0.25) is 4.79 Å². The number of anilines is 1. The second kappa shape index (κ2) is 10.1. The highest BCUT2D eigenvalue weighted by atomic mass is 35.5. The van der Waals surface area contributed by atoms with Crippen LogP contribution in [0, 0.1) is 0 Å². The lowest BCUT2D eigenvalue weighted by Crippen LogP contribution is -2.14. The Morgan fingerprint density at radius 3 is 2.48 bits per heavy atom. The summed E-state index contributed by atoms with van der Waals surface area (Å²) in [6, 6.07) is 9.37. The van der Waals surface area contributed by atoms with Crippen LogP contribution in [-0.4, -0.2) is 17.1 Å². The van der Waals surface area contributed by atoms with E-state index in [9.17, 15) is 4.79 Å². The van der Waals surface area contributed by atoms with Crippen molar-refractivity contribution in [1.29, 1.82) is 0 Å². The number of ether oxygens (including phenoxy) is 1. The van der Waals surface area contributed by atoms with Crippen molar-refractivity contribution in [3.63, 3.8) is 0 Å². The van der Waals surface area contributed by atoms with Crippen molar-refractivity contribution in [2.45, 2.75) is 45.8 Å². The van der Waals surface area contributed by atoms with Crippen LogP contribution in [0.15, 0.2) is 30.3 Å². The zero-order valence-corrected chi connectivity index (χ0v) is 17.5. The molecular weight excluding hydrogens is 409 g/mol. The van der Waals surface area contributed by atoms with E-state index in [-0.39, 0.29) is 13.0 Å². The number of rotatable bonds is 9. The zero-order valence-electron chi connectivity index (χ0n) is 15.2. The lowest BCUT2D eigenvalue weighted by Gasteiger charge is -2.17. The monoisotopic (exact) mass is 429 g/mol. The molecule has 0 aliphatic heterocycles. The molecular formula is C20H22Cl3NO3. The van der Waals surface area contributed by atoms with Gasteiger partial charge < -0.3 is 15.2 Å². The van der Waals surface area contributed by atoms with Crippen molar-refractivity contribution in [3.05, 3.63) is 56.5 Å². The van der Waals surface area contributed by atoms with E-state index in [2.05, 4.69) is 19.2 Å². The Morgan fingerprint density at radius 1 is 1.22 bits per heavy atom. The topological polar surface area (TPSA) is 58.6 Å². The Hall–Kier alpha value is -1.62. The van der Waals surface area contributed by atoms with Crippen molar-refractivity contribution in [2.75, 3.05) is 5.32 Å². The zero-order chi connectivity index (χ0) is 20.0. The first-order valence-corrected chi connectivity index (χ1v) is 9.81. The SMILES string of the molecule is CCC(C)Nc1cccc(COc2c(Cl)cc(CCC(=O)O)cc2Cl)c1Cl. The average Bonchev–Trinajstić information content (AvgIpc) is 2.61. The largest absolute Gasteiger partial charge is 0.486 e. The molecule has 0 aliphatic carbocycles. The van der Waals surface area contributed by atoms with E-state index < -0.39 is 5.97 Å².